The fourth-order valence-corrected chi connectivity index (χ4v) is 4.05. The van der Waals surface area contributed by atoms with Crippen LogP contribution in [0.1, 0.15) is 43.2 Å². The lowest BCUT2D eigenvalue weighted by molar-refractivity contribution is -0.132. The Morgan fingerprint density at radius 2 is 1.79 bits per heavy atom. The van der Waals surface area contributed by atoms with E-state index in [1.165, 1.54) is 43.5 Å². The summed E-state index contributed by atoms with van der Waals surface area (Å²) in [6.45, 7) is 6.76. The van der Waals surface area contributed by atoms with Gasteiger partial charge in [-0.05, 0) is 49.9 Å². The minimum Gasteiger partial charge on any atom is -0.356 e. The second-order valence-corrected chi connectivity index (χ2v) is 7.77. The van der Waals surface area contributed by atoms with Crippen molar-refractivity contribution in [3.8, 4) is 0 Å². The number of piperidine rings is 1. The van der Waals surface area contributed by atoms with E-state index in [0.717, 1.165) is 51.5 Å². The van der Waals surface area contributed by atoms with Gasteiger partial charge in [-0.15, -0.1) is 0 Å². The summed E-state index contributed by atoms with van der Waals surface area (Å²) >= 11 is 0. The summed E-state index contributed by atoms with van der Waals surface area (Å²) in [7, 11) is 1.80. The maximum Gasteiger partial charge on any atom is 0.222 e. The summed E-state index contributed by atoms with van der Waals surface area (Å²) in [6, 6.07) is 8.44. The van der Waals surface area contributed by atoms with E-state index in [1.54, 1.807) is 7.05 Å². The van der Waals surface area contributed by atoms with Crippen LogP contribution in [-0.2, 0) is 17.8 Å². The van der Waals surface area contributed by atoms with Crippen LogP contribution in [0.5, 0.6) is 0 Å². The SMILES string of the molecule is CN=C(NCCCC(=O)N1CCc2ccccc2C1)NCCN1CCCCC1. The lowest BCUT2D eigenvalue weighted by Gasteiger charge is -2.29. The van der Waals surface area contributed by atoms with Crippen LogP contribution in [0.25, 0.3) is 0 Å². The summed E-state index contributed by atoms with van der Waals surface area (Å²) in [5.41, 5.74) is 2.67. The Balaban J connectivity index is 1.29. The number of benzene rings is 1. The lowest BCUT2D eigenvalue weighted by Crippen LogP contribution is -2.43. The highest BCUT2D eigenvalue weighted by atomic mass is 16.2. The number of aliphatic imine (C=N–C) groups is 1. The van der Waals surface area contributed by atoms with E-state index < -0.39 is 0 Å². The van der Waals surface area contributed by atoms with Crippen molar-refractivity contribution in [2.45, 2.75) is 45.1 Å². The number of carbonyl (C=O) groups is 1. The number of amides is 1. The molecule has 0 unspecified atom stereocenters. The Morgan fingerprint density at radius 3 is 2.57 bits per heavy atom. The molecule has 6 nitrogen and oxygen atoms in total. The highest BCUT2D eigenvalue weighted by molar-refractivity contribution is 5.80. The van der Waals surface area contributed by atoms with E-state index in [1.807, 2.05) is 4.90 Å². The summed E-state index contributed by atoms with van der Waals surface area (Å²) < 4.78 is 0. The van der Waals surface area contributed by atoms with Crippen molar-refractivity contribution in [1.82, 2.24) is 20.4 Å². The van der Waals surface area contributed by atoms with Crippen molar-refractivity contribution < 1.29 is 4.79 Å². The molecule has 1 fully saturated rings. The third-order valence-corrected chi connectivity index (χ3v) is 5.74. The van der Waals surface area contributed by atoms with E-state index >= 15 is 0 Å². The van der Waals surface area contributed by atoms with Crippen molar-refractivity contribution in [2.75, 3.05) is 46.3 Å². The molecule has 0 aromatic heterocycles. The van der Waals surface area contributed by atoms with Crippen molar-refractivity contribution in [3.63, 3.8) is 0 Å². The molecule has 0 bridgehead atoms. The first kappa shape index (κ1) is 20.6. The van der Waals surface area contributed by atoms with E-state index in [2.05, 4.69) is 44.8 Å². The van der Waals surface area contributed by atoms with Crippen molar-refractivity contribution >= 4 is 11.9 Å². The van der Waals surface area contributed by atoms with Crippen LogP contribution in [0.3, 0.4) is 0 Å². The van der Waals surface area contributed by atoms with Crippen LogP contribution >= 0.6 is 0 Å². The zero-order valence-corrected chi connectivity index (χ0v) is 17.3. The molecule has 0 atom stereocenters. The van der Waals surface area contributed by atoms with Crippen LogP contribution in [0.2, 0.25) is 0 Å². The first-order valence-electron chi connectivity index (χ1n) is 10.8. The number of hydrogen-bond acceptors (Lipinski definition) is 3. The van der Waals surface area contributed by atoms with E-state index in [-0.39, 0.29) is 5.91 Å². The molecule has 0 saturated carbocycles. The molecule has 6 heteroatoms. The zero-order valence-electron chi connectivity index (χ0n) is 17.3. The van der Waals surface area contributed by atoms with Gasteiger partial charge in [0.15, 0.2) is 5.96 Å². The number of carbonyl (C=O) groups excluding carboxylic acids is 1. The van der Waals surface area contributed by atoms with Crippen molar-refractivity contribution in [2.24, 2.45) is 4.99 Å². The van der Waals surface area contributed by atoms with Crippen LogP contribution in [0, 0.1) is 0 Å². The number of guanidine groups is 1. The number of hydrogen-bond donors (Lipinski definition) is 2. The zero-order chi connectivity index (χ0) is 19.6. The minimum atomic E-state index is 0.254. The number of fused-ring (bicyclic) bond motifs is 1. The Bertz CT molecular complexity index is 654. The molecule has 1 aromatic carbocycles. The molecule has 0 aliphatic carbocycles. The minimum absolute atomic E-state index is 0.254. The van der Waals surface area contributed by atoms with Gasteiger partial charge in [-0.2, -0.15) is 0 Å². The highest BCUT2D eigenvalue weighted by Crippen LogP contribution is 2.19. The molecule has 2 heterocycles. The summed E-state index contributed by atoms with van der Waals surface area (Å²) in [6.07, 6.45) is 6.39. The number of nitrogens with zero attached hydrogens (tertiary/aromatic N) is 3. The predicted molar refractivity (Wildman–Crippen MR) is 114 cm³/mol. The number of nitrogens with one attached hydrogen (secondary N) is 2. The summed E-state index contributed by atoms with van der Waals surface area (Å²) in [5, 5.41) is 6.71. The molecule has 154 valence electrons. The van der Waals surface area contributed by atoms with Gasteiger partial charge in [-0.25, -0.2) is 0 Å². The summed E-state index contributed by atoms with van der Waals surface area (Å²) in [4.78, 5) is 21.3. The molecule has 1 amide bonds. The Morgan fingerprint density at radius 1 is 1.04 bits per heavy atom. The van der Waals surface area contributed by atoms with Gasteiger partial charge in [0.2, 0.25) is 5.91 Å². The normalized spacial score (nSPS) is 17.9. The average Bonchev–Trinajstić information content (AvgIpc) is 2.75. The molecule has 2 aliphatic heterocycles. The molecule has 1 saturated heterocycles. The first-order valence-corrected chi connectivity index (χ1v) is 10.8. The fourth-order valence-electron chi connectivity index (χ4n) is 4.05. The Hall–Kier alpha value is -2.08. The average molecular weight is 386 g/mol. The molecule has 28 heavy (non-hydrogen) atoms. The predicted octanol–water partition coefficient (Wildman–Crippen LogP) is 2.00. The van der Waals surface area contributed by atoms with Gasteiger partial charge >= 0.3 is 0 Å². The van der Waals surface area contributed by atoms with Gasteiger partial charge in [0.05, 0.1) is 0 Å². The number of rotatable bonds is 7. The van der Waals surface area contributed by atoms with E-state index in [0.29, 0.717) is 6.42 Å². The molecule has 0 radical (unpaired) electrons. The monoisotopic (exact) mass is 385 g/mol. The topological polar surface area (TPSA) is 60.0 Å². The first-order chi connectivity index (χ1) is 13.8. The van der Waals surface area contributed by atoms with Gasteiger partial charge in [0.25, 0.3) is 0 Å². The largest absolute Gasteiger partial charge is 0.356 e. The summed E-state index contributed by atoms with van der Waals surface area (Å²) in [5.74, 6) is 1.08. The third-order valence-electron chi connectivity index (χ3n) is 5.74. The second-order valence-electron chi connectivity index (χ2n) is 7.77. The van der Waals surface area contributed by atoms with Crippen LogP contribution in [-0.4, -0.2) is 68.0 Å². The van der Waals surface area contributed by atoms with Crippen molar-refractivity contribution in [1.29, 1.82) is 0 Å². The van der Waals surface area contributed by atoms with Crippen LogP contribution in [0.4, 0.5) is 0 Å². The fraction of sp³-hybridized carbons (Fsp3) is 0.636. The Kier molecular flexibility index (Phi) is 8.15. The van der Waals surface area contributed by atoms with Crippen molar-refractivity contribution in [3.05, 3.63) is 35.4 Å². The van der Waals surface area contributed by atoms with Gasteiger partial charge in [-0.3, -0.25) is 9.79 Å². The molecule has 1 aromatic rings. The molecular formula is C22H35N5O. The second kappa shape index (κ2) is 11.1. The molecular weight excluding hydrogens is 350 g/mol. The molecule has 3 rings (SSSR count). The third kappa shape index (κ3) is 6.23. The maximum atomic E-state index is 12.5. The molecule has 2 N–H and O–H groups in total. The quantitative estimate of drug-likeness (QED) is 0.428. The molecule has 0 spiro atoms. The number of likely N-dealkylation sites (tertiary alicyclic amines) is 1. The van der Waals surface area contributed by atoms with Crippen LogP contribution < -0.4 is 10.6 Å². The van der Waals surface area contributed by atoms with Gasteiger partial charge < -0.3 is 20.4 Å². The van der Waals surface area contributed by atoms with Gasteiger partial charge in [0.1, 0.15) is 0 Å². The smallest absolute Gasteiger partial charge is 0.222 e. The van der Waals surface area contributed by atoms with E-state index in [4.69, 9.17) is 0 Å². The van der Waals surface area contributed by atoms with Crippen LogP contribution in [0.15, 0.2) is 29.3 Å². The maximum absolute atomic E-state index is 12.5. The molecule has 2 aliphatic rings. The standard InChI is InChI=1S/C22H35N5O/c1-23-22(25-13-17-26-14-5-2-6-15-26)24-12-7-10-21(28)27-16-11-19-8-3-4-9-20(19)18-27/h3-4,8-9H,2,5-7,10-18H2,1H3,(H2,23,24,25). The van der Waals surface area contributed by atoms with Gasteiger partial charge in [0, 0.05) is 46.2 Å². The van der Waals surface area contributed by atoms with Gasteiger partial charge in [-0.1, -0.05) is 30.7 Å². The van der Waals surface area contributed by atoms with E-state index in [9.17, 15) is 4.79 Å². The lowest BCUT2D eigenvalue weighted by atomic mass is 9.99. The Labute approximate surface area is 169 Å². The highest BCUT2D eigenvalue weighted by Gasteiger charge is 2.19.